The van der Waals surface area contributed by atoms with E-state index in [1.807, 2.05) is 0 Å². The lowest BCUT2D eigenvalue weighted by molar-refractivity contribution is -0.137. The molecule has 0 spiro atoms. The molecule has 0 bridgehead atoms. The minimum Gasteiger partial charge on any atom is -0.396 e. The van der Waals surface area contributed by atoms with Gasteiger partial charge in [0.15, 0.2) is 0 Å². The fourth-order valence-electron chi connectivity index (χ4n) is 2.37. The van der Waals surface area contributed by atoms with E-state index >= 15 is 0 Å². The average Bonchev–Trinajstić information content (AvgIpc) is 2.74. The molecular weight excluding hydrogens is 281 g/mol. The molecule has 0 saturated heterocycles. The van der Waals surface area contributed by atoms with Gasteiger partial charge in [0.1, 0.15) is 11.0 Å². The Kier molecular flexibility index (Phi) is 4.20. The first kappa shape index (κ1) is 14.4. The fraction of sp³-hybridized carbons (Fsp3) is 0.583. The molecule has 2 N–H and O–H groups in total. The van der Waals surface area contributed by atoms with Crippen molar-refractivity contribution in [2.75, 3.05) is 11.9 Å². The number of rotatable bonds is 3. The molecule has 1 fully saturated rings. The van der Waals surface area contributed by atoms with E-state index in [1.54, 1.807) is 0 Å². The standard InChI is InChI=1S/C12H14ClF3N2O/c13-10-4-8(12(14,15)16)5-11(18-10)17-9-3-1-2-7(9)6-19/h4-5,7,9,19H,1-3,6H2,(H,17,18). The number of aliphatic hydroxyl groups excluding tert-OH is 1. The van der Waals surface area contributed by atoms with Gasteiger partial charge >= 0.3 is 6.18 Å². The van der Waals surface area contributed by atoms with Gasteiger partial charge in [0.05, 0.1) is 5.56 Å². The lowest BCUT2D eigenvalue weighted by Crippen LogP contribution is -2.27. The van der Waals surface area contributed by atoms with Gasteiger partial charge in [-0.2, -0.15) is 13.2 Å². The number of hydrogen-bond acceptors (Lipinski definition) is 3. The average molecular weight is 295 g/mol. The second-order valence-corrected chi connectivity index (χ2v) is 5.07. The summed E-state index contributed by atoms with van der Waals surface area (Å²) in [6.07, 6.45) is -1.84. The summed E-state index contributed by atoms with van der Waals surface area (Å²) in [6, 6.07) is 1.68. The third-order valence-electron chi connectivity index (χ3n) is 3.35. The highest BCUT2D eigenvalue weighted by Gasteiger charge is 2.32. The Morgan fingerprint density at radius 3 is 2.74 bits per heavy atom. The topological polar surface area (TPSA) is 45.1 Å². The Hall–Kier alpha value is -1.01. The number of nitrogens with zero attached hydrogens (tertiary/aromatic N) is 1. The molecule has 0 aromatic carbocycles. The van der Waals surface area contributed by atoms with Crippen molar-refractivity contribution >= 4 is 17.4 Å². The first-order chi connectivity index (χ1) is 8.90. The maximum absolute atomic E-state index is 12.7. The molecule has 0 amide bonds. The largest absolute Gasteiger partial charge is 0.416 e. The third-order valence-corrected chi connectivity index (χ3v) is 3.54. The molecule has 1 aromatic rings. The lowest BCUT2D eigenvalue weighted by Gasteiger charge is -2.20. The Balaban J connectivity index is 2.18. The zero-order valence-electron chi connectivity index (χ0n) is 10.0. The summed E-state index contributed by atoms with van der Waals surface area (Å²) in [5, 5.41) is 11.9. The summed E-state index contributed by atoms with van der Waals surface area (Å²) in [5.41, 5.74) is -0.825. The van der Waals surface area contributed by atoms with Crippen molar-refractivity contribution in [3.05, 3.63) is 22.8 Å². The predicted octanol–water partition coefficient (Wildman–Crippen LogP) is 3.33. The number of hydrogen-bond donors (Lipinski definition) is 2. The molecule has 106 valence electrons. The van der Waals surface area contributed by atoms with Crippen molar-refractivity contribution in [3.63, 3.8) is 0 Å². The number of nitrogens with one attached hydrogen (secondary N) is 1. The number of alkyl halides is 3. The molecule has 0 aliphatic heterocycles. The number of halogens is 4. The van der Waals surface area contributed by atoms with Crippen molar-refractivity contribution in [2.24, 2.45) is 5.92 Å². The molecule has 1 aliphatic rings. The first-order valence-electron chi connectivity index (χ1n) is 6.02. The van der Waals surface area contributed by atoms with Gasteiger partial charge in [-0.15, -0.1) is 0 Å². The quantitative estimate of drug-likeness (QED) is 0.841. The summed E-state index contributed by atoms with van der Waals surface area (Å²) in [6.45, 7) is 0.0182. The normalized spacial score (nSPS) is 23.6. The van der Waals surface area contributed by atoms with Gasteiger partial charge in [-0.1, -0.05) is 18.0 Å². The molecule has 1 saturated carbocycles. The van der Waals surface area contributed by atoms with Crippen molar-refractivity contribution in [1.82, 2.24) is 4.98 Å². The molecule has 7 heteroatoms. The molecule has 0 radical (unpaired) electrons. The van der Waals surface area contributed by atoms with Gasteiger partial charge in [0, 0.05) is 18.6 Å². The molecule has 1 aliphatic carbocycles. The van der Waals surface area contributed by atoms with Crippen LogP contribution in [-0.2, 0) is 6.18 Å². The Morgan fingerprint density at radius 1 is 1.37 bits per heavy atom. The van der Waals surface area contributed by atoms with E-state index in [4.69, 9.17) is 11.6 Å². The molecule has 2 atom stereocenters. The minimum absolute atomic E-state index is 0.0182. The summed E-state index contributed by atoms with van der Waals surface area (Å²) < 4.78 is 38.0. The van der Waals surface area contributed by atoms with Crippen LogP contribution in [-0.4, -0.2) is 22.7 Å². The summed E-state index contributed by atoms with van der Waals surface area (Å²) in [7, 11) is 0. The van der Waals surface area contributed by atoms with Crippen LogP contribution in [0, 0.1) is 5.92 Å². The van der Waals surface area contributed by atoms with Crippen LogP contribution in [0.4, 0.5) is 19.0 Å². The van der Waals surface area contributed by atoms with E-state index in [1.165, 1.54) is 0 Å². The smallest absolute Gasteiger partial charge is 0.396 e. The van der Waals surface area contributed by atoms with Crippen molar-refractivity contribution in [2.45, 2.75) is 31.5 Å². The van der Waals surface area contributed by atoms with Crippen molar-refractivity contribution < 1.29 is 18.3 Å². The van der Waals surface area contributed by atoms with Gasteiger partial charge in [-0.05, 0) is 25.0 Å². The van der Waals surface area contributed by atoms with Crippen molar-refractivity contribution in [1.29, 1.82) is 0 Å². The zero-order chi connectivity index (χ0) is 14.0. The van der Waals surface area contributed by atoms with E-state index in [2.05, 4.69) is 10.3 Å². The molecule has 19 heavy (non-hydrogen) atoms. The van der Waals surface area contributed by atoms with E-state index in [9.17, 15) is 18.3 Å². The highest BCUT2D eigenvalue weighted by molar-refractivity contribution is 6.29. The second-order valence-electron chi connectivity index (χ2n) is 4.69. The summed E-state index contributed by atoms with van der Waals surface area (Å²) >= 11 is 5.61. The van der Waals surface area contributed by atoms with Gasteiger partial charge in [0.2, 0.25) is 0 Å². The summed E-state index contributed by atoms with van der Waals surface area (Å²) in [4.78, 5) is 3.85. The molecular formula is C12H14ClF3N2O. The molecule has 3 nitrogen and oxygen atoms in total. The van der Waals surface area contributed by atoms with Crippen molar-refractivity contribution in [3.8, 4) is 0 Å². The lowest BCUT2D eigenvalue weighted by atomic mass is 10.1. The number of pyridine rings is 1. The van der Waals surface area contributed by atoms with Gasteiger partial charge < -0.3 is 10.4 Å². The van der Waals surface area contributed by atoms with Crippen LogP contribution in [0.3, 0.4) is 0 Å². The predicted molar refractivity (Wildman–Crippen MR) is 66.1 cm³/mol. The maximum atomic E-state index is 12.7. The highest BCUT2D eigenvalue weighted by atomic mass is 35.5. The van der Waals surface area contributed by atoms with Crippen LogP contribution >= 0.6 is 11.6 Å². The monoisotopic (exact) mass is 294 g/mol. The number of aromatic nitrogens is 1. The van der Waals surface area contributed by atoms with E-state index in [0.717, 1.165) is 31.4 Å². The van der Waals surface area contributed by atoms with Crippen LogP contribution in [0.15, 0.2) is 12.1 Å². The van der Waals surface area contributed by atoms with Gasteiger partial charge in [-0.3, -0.25) is 0 Å². The van der Waals surface area contributed by atoms with Crippen LogP contribution < -0.4 is 5.32 Å². The highest BCUT2D eigenvalue weighted by Crippen LogP contribution is 2.33. The Labute approximate surface area is 113 Å². The van der Waals surface area contributed by atoms with E-state index in [-0.39, 0.29) is 29.5 Å². The number of aliphatic hydroxyl groups is 1. The van der Waals surface area contributed by atoms with Gasteiger partial charge in [0.25, 0.3) is 0 Å². The third kappa shape index (κ3) is 3.51. The maximum Gasteiger partial charge on any atom is 0.416 e. The summed E-state index contributed by atoms with van der Waals surface area (Å²) in [5.74, 6) is 0.153. The van der Waals surface area contributed by atoms with Crippen LogP contribution in [0.5, 0.6) is 0 Å². The SMILES string of the molecule is OCC1CCCC1Nc1cc(C(F)(F)F)cc(Cl)n1. The Morgan fingerprint density at radius 2 is 2.11 bits per heavy atom. The Bertz CT molecular complexity index is 453. The van der Waals surface area contributed by atoms with Gasteiger partial charge in [-0.25, -0.2) is 4.98 Å². The second kappa shape index (κ2) is 5.54. The molecule has 1 aromatic heterocycles. The number of anilines is 1. The molecule has 2 rings (SSSR count). The first-order valence-corrected chi connectivity index (χ1v) is 6.40. The molecule has 1 heterocycles. The zero-order valence-corrected chi connectivity index (χ0v) is 10.8. The molecule has 2 unspecified atom stereocenters. The fourth-order valence-corrected chi connectivity index (χ4v) is 2.58. The van der Waals surface area contributed by atoms with Crippen LogP contribution in [0.1, 0.15) is 24.8 Å². The van der Waals surface area contributed by atoms with E-state index < -0.39 is 11.7 Å². The van der Waals surface area contributed by atoms with Crippen LogP contribution in [0.2, 0.25) is 5.15 Å². The minimum atomic E-state index is -4.45. The van der Waals surface area contributed by atoms with Crippen LogP contribution in [0.25, 0.3) is 0 Å². The van der Waals surface area contributed by atoms with E-state index in [0.29, 0.717) is 0 Å².